The van der Waals surface area contributed by atoms with Gasteiger partial charge in [-0.25, -0.2) is 4.98 Å². The SMILES string of the molecule is CC1CCN(C(C)CNC(=O)CCc2nc3ccccc3[nH]2)CC1. The summed E-state index contributed by atoms with van der Waals surface area (Å²) >= 11 is 0. The molecule has 1 aromatic carbocycles. The van der Waals surface area contributed by atoms with Crippen LogP contribution in [0.3, 0.4) is 0 Å². The van der Waals surface area contributed by atoms with Gasteiger partial charge in [0, 0.05) is 25.4 Å². The lowest BCUT2D eigenvalue weighted by molar-refractivity contribution is -0.121. The number of imidazole rings is 1. The van der Waals surface area contributed by atoms with Crippen molar-refractivity contribution < 1.29 is 4.79 Å². The van der Waals surface area contributed by atoms with E-state index in [0.29, 0.717) is 18.9 Å². The van der Waals surface area contributed by atoms with E-state index in [-0.39, 0.29) is 5.91 Å². The van der Waals surface area contributed by atoms with Gasteiger partial charge in [0.1, 0.15) is 5.82 Å². The van der Waals surface area contributed by atoms with E-state index in [1.807, 2.05) is 24.3 Å². The minimum Gasteiger partial charge on any atom is -0.355 e. The predicted molar refractivity (Wildman–Crippen MR) is 96.9 cm³/mol. The molecule has 1 atom stereocenters. The maximum atomic E-state index is 12.1. The van der Waals surface area contributed by atoms with Crippen LogP contribution in [-0.2, 0) is 11.2 Å². The van der Waals surface area contributed by atoms with Crippen molar-refractivity contribution in [3.63, 3.8) is 0 Å². The first-order valence-corrected chi connectivity index (χ1v) is 9.06. The van der Waals surface area contributed by atoms with Crippen LogP contribution in [0.4, 0.5) is 0 Å². The number of hydrogen-bond donors (Lipinski definition) is 2. The number of para-hydroxylation sites is 2. The number of aromatic nitrogens is 2. The van der Waals surface area contributed by atoms with E-state index in [4.69, 9.17) is 0 Å². The zero-order valence-corrected chi connectivity index (χ0v) is 14.7. The number of nitrogens with zero attached hydrogens (tertiary/aromatic N) is 2. The van der Waals surface area contributed by atoms with Gasteiger partial charge in [-0.05, 0) is 50.9 Å². The number of likely N-dealkylation sites (tertiary alicyclic amines) is 1. The minimum atomic E-state index is 0.104. The fourth-order valence-corrected chi connectivity index (χ4v) is 3.30. The lowest BCUT2D eigenvalue weighted by Gasteiger charge is -2.35. The fraction of sp³-hybridized carbons (Fsp3) is 0.579. The minimum absolute atomic E-state index is 0.104. The number of nitrogens with one attached hydrogen (secondary N) is 2. The number of H-pyrrole nitrogens is 1. The fourth-order valence-electron chi connectivity index (χ4n) is 3.30. The number of rotatable bonds is 6. The summed E-state index contributed by atoms with van der Waals surface area (Å²) in [4.78, 5) is 22.4. The third-order valence-corrected chi connectivity index (χ3v) is 5.06. The van der Waals surface area contributed by atoms with Crippen molar-refractivity contribution >= 4 is 16.9 Å². The number of carbonyl (C=O) groups is 1. The molecule has 1 aliphatic heterocycles. The molecule has 130 valence electrons. The van der Waals surface area contributed by atoms with Crippen LogP contribution in [0.2, 0.25) is 0 Å². The van der Waals surface area contributed by atoms with Gasteiger partial charge in [-0.3, -0.25) is 9.69 Å². The summed E-state index contributed by atoms with van der Waals surface area (Å²) < 4.78 is 0. The Morgan fingerprint density at radius 1 is 1.38 bits per heavy atom. The smallest absolute Gasteiger partial charge is 0.220 e. The zero-order chi connectivity index (χ0) is 16.9. The van der Waals surface area contributed by atoms with Gasteiger partial charge < -0.3 is 10.3 Å². The summed E-state index contributed by atoms with van der Waals surface area (Å²) in [6.45, 7) is 7.55. The van der Waals surface area contributed by atoms with Gasteiger partial charge in [0.15, 0.2) is 0 Å². The Morgan fingerprint density at radius 3 is 2.88 bits per heavy atom. The number of aryl methyl sites for hydroxylation is 1. The molecule has 1 aliphatic rings. The van der Waals surface area contributed by atoms with E-state index in [9.17, 15) is 4.79 Å². The van der Waals surface area contributed by atoms with Gasteiger partial charge in [0.25, 0.3) is 0 Å². The summed E-state index contributed by atoms with van der Waals surface area (Å²) in [5.74, 6) is 1.82. The number of hydrogen-bond acceptors (Lipinski definition) is 3. The topological polar surface area (TPSA) is 61.0 Å². The second-order valence-electron chi connectivity index (χ2n) is 7.07. The summed E-state index contributed by atoms with van der Waals surface area (Å²) in [5, 5.41) is 3.07. The van der Waals surface area contributed by atoms with Crippen molar-refractivity contribution in [2.75, 3.05) is 19.6 Å². The molecule has 2 aromatic rings. The van der Waals surface area contributed by atoms with Crippen molar-refractivity contribution in [2.45, 2.75) is 45.6 Å². The van der Waals surface area contributed by atoms with Gasteiger partial charge in [-0.1, -0.05) is 19.1 Å². The number of piperidine rings is 1. The second-order valence-corrected chi connectivity index (χ2v) is 7.07. The number of benzene rings is 1. The highest BCUT2D eigenvalue weighted by Crippen LogP contribution is 2.17. The van der Waals surface area contributed by atoms with Crippen LogP contribution in [-0.4, -0.2) is 46.5 Å². The summed E-state index contributed by atoms with van der Waals surface area (Å²) in [6, 6.07) is 8.36. The van der Waals surface area contributed by atoms with Crippen molar-refractivity contribution in [3.8, 4) is 0 Å². The van der Waals surface area contributed by atoms with Crippen LogP contribution in [0.1, 0.15) is 38.9 Å². The highest BCUT2D eigenvalue weighted by molar-refractivity contribution is 5.77. The molecule has 0 radical (unpaired) electrons. The molecule has 0 spiro atoms. The van der Waals surface area contributed by atoms with Gasteiger partial charge in [-0.2, -0.15) is 0 Å². The molecule has 2 heterocycles. The molecule has 2 N–H and O–H groups in total. The van der Waals surface area contributed by atoms with Crippen LogP contribution in [0, 0.1) is 5.92 Å². The lowest BCUT2D eigenvalue weighted by Crippen LogP contribution is -2.45. The van der Waals surface area contributed by atoms with Crippen LogP contribution in [0.25, 0.3) is 11.0 Å². The molecule has 0 aliphatic carbocycles. The molecule has 5 heteroatoms. The molecule has 1 amide bonds. The largest absolute Gasteiger partial charge is 0.355 e. The van der Waals surface area contributed by atoms with Crippen LogP contribution >= 0.6 is 0 Å². The quantitative estimate of drug-likeness (QED) is 0.857. The average Bonchev–Trinajstić information content (AvgIpc) is 3.01. The first kappa shape index (κ1) is 17.0. The highest BCUT2D eigenvalue weighted by Gasteiger charge is 2.20. The summed E-state index contributed by atoms with van der Waals surface area (Å²) in [5.41, 5.74) is 1.99. The van der Waals surface area contributed by atoms with Crippen molar-refractivity contribution in [2.24, 2.45) is 5.92 Å². The number of aromatic amines is 1. The Morgan fingerprint density at radius 2 is 2.12 bits per heavy atom. The molecule has 5 nitrogen and oxygen atoms in total. The maximum absolute atomic E-state index is 12.1. The zero-order valence-electron chi connectivity index (χ0n) is 14.7. The number of amides is 1. The molecular weight excluding hydrogens is 300 g/mol. The number of fused-ring (bicyclic) bond motifs is 1. The van der Waals surface area contributed by atoms with Crippen LogP contribution in [0.5, 0.6) is 0 Å². The van der Waals surface area contributed by atoms with E-state index in [2.05, 4.69) is 34.0 Å². The third kappa shape index (κ3) is 4.35. The van der Waals surface area contributed by atoms with E-state index in [1.54, 1.807) is 0 Å². The van der Waals surface area contributed by atoms with Crippen molar-refractivity contribution in [3.05, 3.63) is 30.1 Å². The first-order chi connectivity index (χ1) is 11.6. The Balaban J connectivity index is 1.40. The van der Waals surface area contributed by atoms with Gasteiger partial charge in [0.2, 0.25) is 5.91 Å². The predicted octanol–water partition coefficient (Wildman–Crippen LogP) is 2.73. The molecule has 1 aromatic heterocycles. The second kappa shape index (κ2) is 7.79. The molecule has 1 fully saturated rings. The van der Waals surface area contributed by atoms with Gasteiger partial charge in [-0.15, -0.1) is 0 Å². The normalized spacial score (nSPS) is 17.9. The van der Waals surface area contributed by atoms with Crippen LogP contribution in [0.15, 0.2) is 24.3 Å². The molecule has 1 saturated heterocycles. The Hall–Kier alpha value is -1.88. The molecule has 0 bridgehead atoms. The van der Waals surface area contributed by atoms with E-state index in [1.165, 1.54) is 12.8 Å². The molecule has 0 saturated carbocycles. The van der Waals surface area contributed by atoms with Crippen LogP contribution < -0.4 is 5.32 Å². The Bertz CT molecular complexity index is 640. The standard InChI is InChI=1S/C19H28N4O/c1-14-9-11-23(12-10-14)15(2)13-20-19(24)8-7-18-21-16-5-3-4-6-17(16)22-18/h3-6,14-15H,7-13H2,1-2H3,(H,20,24)(H,21,22). The molecule has 3 rings (SSSR count). The van der Waals surface area contributed by atoms with Gasteiger partial charge in [0.05, 0.1) is 11.0 Å². The monoisotopic (exact) mass is 328 g/mol. The van der Waals surface area contributed by atoms with E-state index >= 15 is 0 Å². The molecular formula is C19H28N4O. The average molecular weight is 328 g/mol. The summed E-state index contributed by atoms with van der Waals surface area (Å²) in [6.07, 6.45) is 3.66. The third-order valence-electron chi connectivity index (χ3n) is 5.06. The Labute approximate surface area is 143 Å². The first-order valence-electron chi connectivity index (χ1n) is 9.06. The number of carbonyl (C=O) groups excluding carboxylic acids is 1. The van der Waals surface area contributed by atoms with Crippen molar-refractivity contribution in [1.82, 2.24) is 20.2 Å². The van der Waals surface area contributed by atoms with E-state index in [0.717, 1.165) is 42.4 Å². The highest BCUT2D eigenvalue weighted by atomic mass is 16.1. The maximum Gasteiger partial charge on any atom is 0.220 e. The summed E-state index contributed by atoms with van der Waals surface area (Å²) in [7, 11) is 0. The lowest BCUT2D eigenvalue weighted by atomic mass is 9.98. The van der Waals surface area contributed by atoms with Crippen molar-refractivity contribution in [1.29, 1.82) is 0 Å². The molecule has 1 unspecified atom stereocenters. The Kier molecular flexibility index (Phi) is 5.51. The van der Waals surface area contributed by atoms with E-state index < -0.39 is 0 Å². The molecule has 24 heavy (non-hydrogen) atoms. The van der Waals surface area contributed by atoms with Gasteiger partial charge >= 0.3 is 0 Å².